The molecule has 1 aliphatic heterocycles. The molecule has 0 aliphatic carbocycles. The Morgan fingerprint density at radius 3 is 2.71 bits per heavy atom. The predicted octanol–water partition coefficient (Wildman–Crippen LogP) is 1.13. The van der Waals surface area contributed by atoms with E-state index in [9.17, 15) is 8.42 Å². The van der Waals surface area contributed by atoms with Gasteiger partial charge in [-0.3, -0.25) is 0 Å². The van der Waals surface area contributed by atoms with Crippen molar-refractivity contribution in [2.24, 2.45) is 0 Å². The Morgan fingerprint density at radius 1 is 1.47 bits per heavy atom. The normalized spacial score (nSPS) is 22.8. The number of nitrogens with zero attached hydrogens (tertiary/aromatic N) is 2. The van der Waals surface area contributed by atoms with E-state index in [2.05, 4.69) is 32.6 Å². The molecule has 1 aliphatic rings. The first kappa shape index (κ1) is 13.0. The molecule has 1 atom stereocenters. The van der Waals surface area contributed by atoms with Gasteiger partial charge in [0, 0.05) is 5.92 Å². The summed E-state index contributed by atoms with van der Waals surface area (Å²) in [5.41, 5.74) is 6.72. The second kappa shape index (κ2) is 4.68. The van der Waals surface area contributed by atoms with Gasteiger partial charge in [-0.05, 0) is 35.4 Å². The Morgan fingerprint density at radius 2 is 2.18 bits per heavy atom. The number of nitrogen functional groups attached to an aromatic ring is 1. The van der Waals surface area contributed by atoms with E-state index in [4.69, 9.17) is 5.73 Å². The zero-order chi connectivity index (χ0) is 12.6. The largest absolute Gasteiger partial charge is 0.383 e. The van der Waals surface area contributed by atoms with Crippen molar-refractivity contribution in [3.63, 3.8) is 0 Å². The van der Waals surface area contributed by atoms with Gasteiger partial charge in [0.1, 0.15) is 11.6 Å². The summed E-state index contributed by atoms with van der Waals surface area (Å²) >= 11 is 2.12. The number of aromatic nitrogens is 2. The molecule has 0 aromatic carbocycles. The van der Waals surface area contributed by atoms with E-state index in [1.165, 1.54) is 0 Å². The quantitative estimate of drug-likeness (QED) is 0.792. The lowest BCUT2D eigenvalue weighted by Gasteiger charge is -2.10. The Bertz CT molecular complexity index is 545. The van der Waals surface area contributed by atoms with Crippen LogP contribution in [0.2, 0.25) is 0 Å². The molecular formula is C10H14IN3O2S. The lowest BCUT2D eigenvalue weighted by Crippen LogP contribution is -2.12. The minimum Gasteiger partial charge on any atom is -0.383 e. The van der Waals surface area contributed by atoms with Gasteiger partial charge < -0.3 is 5.73 Å². The van der Waals surface area contributed by atoms with Gasteiger partial charge in [0.15, 0.2) is 9.84 Å². The molecule has 0 bridgehead atoms. The van der Waals surface area contributed by atoms with Crippen molar-refractivity contribution in [2.75, 3.05) is 17.2 Å². The fourth-order valence-electron chi connectivity index (χ4n) is 1.95. The van der Waals surface area contributed by atoms with Crippen LogP contribution >= 0.6 is 22.6 Å². The van der Waals surface area contributed by atoms with Crippen LogP contribution in [0.15, 0.2) is 0 Å². The molecule has 0 radical (unpaired) electrons. The summed E-state index contributed by atoms with van der Waals surface area (Å²) in [6.07, 6.45) is 1.38. The first-order chi connectivity index (χ1) is 7.93. The molecule has 0 saturated carbocycles. The summed E-state index contributed by atoms with van der Waals surface area (Å²) in [7, 11) is -2.91. The summed E-state index contributed by atoms with van der Waals surface area (Å²) in [5, 5.41) is 0. The van der Waals surface area contributed by atoms with Crippen LogP contribution in [-0.4, -0.2) is 29.9 Å². The van der Waals surface area contributed by atoms with Crippen molar-refractivity contribution in [1.82, 2.24) is 9.97 Å². The first-order valence-corrected chi connectivity index (χ1v) is 8.35. The van der Waals surface area contributed by atoms with Crippen LogP contribution in [0.1, 0.15) is 30.8 Å². The molecule has 0 amide bonds. The number of nitrogens with two attached hydrogens (primary N) is 1. The van der Waals surface area contributed by atoms with Gasteiger partial charge in [0.25, 0.3) is 0 Å². The van der Waals surface area contributed by atoms with Gasteiger partial charge in [-0.25, -0.2) is 18.4 Å². The second-order valence-corrected chi connectivity index (χ2v) is 7.49. The number of hydrogen-bond acceptors (Lipinski definition) is 5. The minimum absolute atomic E-state index is 0.0930. The zero-order valence-electron chi connectivity index (χ0n) is 9.48. The summed E-state index contributed by atoms with van der Waals surface area (Å²) in [6, 6.07) is 0. The van der Waals surface area contributed by atoms with Crippen molar-refractivity contribution in [1.29, 1.82) is 0 Å². The number of aryl methyl sites for hydroxylation is 1. The van der Waals surface area contributed by atoms with Gasteiger partial charge in [-0.2, -0.15) is 0 Å². The van der Waals surface area contributed by atoms with Gasteiger partial charge in [-0.15, -0.1) is 0 Å². The Balaban J connectivity index is 2.37. The first-order valence-electron chi connectivity index (χ1n) is 5.45. The number of rotatable bonds is 2. The van der Waals surface area contributed by atoms with Crippen LogP contribution in [0, 0.1) is 3.57 Å². The molecule has 2 N–H and O–H groups in total. The molecule has 7 heteroatoms. The average Bonchev–Trinajstić information content (AvgIpc) is 2.62. The smallest absolute Gasteiger partial charge is 0.151 e. The Hall–Kier alpha value is -0.440. The lowest BCUT2D eigenvalue weighted by atomic mass is 10.1. The summed E-state index contributed by atoms with van der Waals surface area (Å²) in [4.78, 5) is 8.66. The van der Waals surface area contributed by atoms with Gasteiger partial charge in [-0.1, -0.05) is 6.92 Å². The highest BCUT2D eigenvalue weighted by molar-refractivity contribution is 14.1. The van der Waals surface area contributed by atoms with Crippen molar-refractivity contribution in [2.45, 2.75) is 25.7 Å². The van der Waals surface area contributed by atoms with Crippen LogP contribution in [0.4, 0.5) is 5.82 Å². The highest BCUT2D eigenvalue weighted by Gasteiger charge is 2.31. The van der Waals surface area contributed by atoms with Crippen molar-refractivity contribution < 1.29 is 8.42 Å². The molecule has 1 fully saturated rings. The van der Waals surface area contributed by atoms with Crippen molar-refractivity contribution in [3.05, 3.63) is 15.1 Å². The lowest BCUT2D eigenvalue weighted by molar-refractivity contribution is 0.601. The molecule has 94 valence electrons. The molecule has 17 heavy (non-hydrogen) atoms. The van der Waals surface area contributed by atoms with Crippen LogP contribution in [0.5, 0.6) is 0 Å². The summed E-state index contributed by atoms with van der Waals surface area (Å²) in [5.74, 6) is 1.33. The third kappa shape index (κ3) is 2.70. The molecule has 1 saturated heterocycles. The molecule has 1 unspecified atom stereocenters. The molecule has 2 heterocycles. The second-order valence-electron chi connectivity index (χ2n) is 4.18. The van der Waals surface area contributed by atoms with Crippen LogP contribution < -0.4 is 5.73 Å². The van der Waals surface area contributed by atoms with Crippen molar-refractivity contribution in [3.8, 4) is 0 Å². The predicted molar refractivity (Wildman–Crippen MR) is 74.6 cm³/mol. The topological polar surface area (TPSA) is 85.9 Å². The van der Waals surface area contributed by atoms with E-state index in [0.29, 0.717) is 18.1 Å². The van der Waals surface area contributed by atoms with Gasteiger partial charge in [0.05, 0.1) is 20.8 Å². The Labute approximate surface area is 114 Å². The number of hydrogen-bond donors (Lipinski definition) is 1. The fourth-order valence-corrected chi connectivity index (χ4v) is 4.31. The van der Waals surface area contributed by atoms with Crippen LogP contribution in [0.25, 0.3) is 0 Å². The van der Waals surface area contributed by atoms with Crippen LogP contribution in [0.3, 0.4) is 0 Å². The zero-order valence-corrected chi connectivity index (χ0v) is 12.5. The maximum absolute atomic E-state index is 11.4. The van der Waals surface area contributed by atoms with E-state index in [1.807, 2.05) is 6.92 Å². The Kier molecular flexibility index (Phi) is 3.58. The molecule has 5 nitrogen and oxygen atoms in total. The molecule has 0 spiro atoms. The highest BCUT2D eigenvalue weighted by Crippen LogP contribution is 2.28. The minimum atomic E-state index is -2.91. The molecule has 1 aromatic heterocycles. The highest BCUT2D eigenvalue weighted by atomic mass is 127. The van der Waals surface area contributed by atoms with E-state index < -0.39 is 9.84 Å². The van der Waals surface area contributed by atoms with Gasteiger partial charge in [0.2, 0.25) is 0 Å². The maximum Gasteiger partial charge on any atom is 0.151 e. The maximum atomic E-state index is 11.4. The number of sulfone groups is 1. The third-order valence-electron chi connectivity index (χ3n) is 2.90. The molecule has 1 aromatic rings. The summed E-state index contributed by atoms with van der Waals surface area (Å²) < 4.78 is 23.7. The molecular weight excluding hydrogens is 353 g/mol. The third-order valence-corrected chi connectivity index (χ3v) is 5.84. The standard InChI is InChI=1S/C10H14IN3O2S/c1-2-7-8(11)9(12)14-10(13-7)6-3-4-17(15,16)5-6/h6H,2-5H2,1H3,(H2,12,13,14). The summed E-state index contributed by atoms with van der Waals surface area (Å²) in [6.45, 7) is 2.00. The van der Waals surface area contributed by atoms with Crippen LogP contribution in [-0.2, 0) is 16.3 Å². The van der Waals surface area contributed by atoms with E-state index in [1.54, 1.807) is 0 Å². The van der Waals surface area contributed by atoms with Crippen molar-refractivity contribution >= 4 is 38.2 Å². The monoisotopic (exact) mass is 367 g/mol. The van der Waals surface area contributed by atoms with Gasteiger partial charge >= 0.3 is 0 Å². The van der Waals surface area contributed by atoms with E-state index in [-0.39, 0.29) is 17.4 Å². The van der Waals surface area contributed by atoms with E-state index in [0.717, 1.165) is 15.7 Å². The fraction of sp³-hybridized carbons (Fsp3) is 0.600. The van der Waals surface area contributed by atoms with E-state index >= 15 is 0 Å². The average molecular weight is 367 g/mol. The molecule has 2 rings (SSSR count). The number of halogens is 1. The SMILES string of the molecule is CCc1nc(C2CCS(=O)(=O)C2)nc(N)c1I. The number of anilines is 1.